The molecule has 0 bridgehead atoms. The number of para-hydroxylation sites is 1. The van der Waals surface area contributed by atoms with Crippen molar-refractivity contribution in [3.63, 3.8) is 0 Å². The Kier molecular flexibility index (Phi) is 4.37. The van der Waals surface area contributed by atoms with Gasteiger partial charge in [-0.15, -0.1) is 3.89 Å². The molecule has 0 heterocycles. The highest BCUT2D eigenvalue weighted by Crippen LogP contribution is 2.23. The van der Waals surface area contributed by atoms with Crippen LogP contribution in [0.2, 0.25) is 0 Å². The smallest absolute Gasteiger partial charge is 0.321 e. The quantitative estimate of drug-likeness (QED) is 0.883. The molecule has 2 aromatic carbocycles. The van der Waals surface area contributed by atoms with E-state index in [4.69, 9.17) is 0 Å². The Morgan fingerprint density at radius 2 is 1.71 bits per heavy atom. The number of benzene rings is 2. The molecule has 0 saturated heterocycles. The second kappa shape index (κ2) is 6.05. The Morgan fingerprint density at radius 3 is 2.29 bits per heavy atom. The molecule has 6 heteroatoms. The monoisotopic (exact) mass is 307 g/mol. The lowest BCUT2D eigenvalue weighted by Gasteiger charge is -2.08. The Morgan fingerprint density at radius 1 is 1.10 bits per heavy atom. The molecule has 110 valence electrons. The number of anilines is 1. The molecular weight excluding hydrogens is 293 g/mol. The summed E-state index contributed by atoms with van der Waals surface area (Å²) >= 11 is 0. The van der Waals surface area contributed by atoms with Gasteiger partial charge in [-0.25, -0.2) is 0 Å². The third-order valence-electron chi connectivity index (χ3n) is 3.02. The van der Waals surface area contributed by atoms with Crippen molar-refractivity contribution >= 4 is 21.8 Å². The standard InChI is InChI=1S/C15H14FNO3S/c1-2-11-7-9-12(10-8-11)15(18)17-13-5-3-4-6-14(13)21(16,19)20/h3-10H,2H2,1H3,(H,17,18). The molecule has 1 N–H and O–H groups in total. The molecule has 2 aromatic rings. The van der Waals surface area contributed by atoms with Crippen LogP contribution in [0.3, 0.4) is 0 Å². The molecule has 0 fully saturated rings. The first-order valence-corrected chi connectivity index (χ1v) is 7.74. The van der Waals surface area contributed by atoms with Crippen LogP contribution in [0, 0.1) is 0 Å². The fourth-order valence-corrected chi connectivity index (χ4v) is 2.49. The summed E-state index contributed by atoms with van der Waals surface area (Å²) in [7, 11) is -4.89. The number of hydrogen-bond acceptors (Lipinski definition) is 3. The maximum Gasteiger partial charge on any atom is 0.334 e. The predicted octanol–water partition coefficient (Wildman–Crippen LogP) is 3.16. The van der Waals surface area contributed by atoms with Gasteiger partial charge in [0.25, 0.3) is 5.91 Å². The van der Waals surface area contributed by atoms with Crippen molar-refractivity contribution < 1.29 is 17.1 Å². The van der Waals surface area contributed by atoms with E-state index in [9.17, 15) is 17.1 Å². The number of rotatable bonds is 4. The summed E-state index contributed by atoms with van der Waals surface area (Å²) < 4.78 is 35.2. The zero-order chi connectivity index (χ0) is 15.5. The summed E-state index contributed by atoms with van der Waals surface area (Å²) in [4.78, 5) is 11.5. The fraction of sp³-hybridized carbons (Fsp3) is 0.133. The number of hydrogen-bond donors (Lipinski definition) is 1. The van der Waals surface area contributed by atoms with Crippen molar-refractivity contribution in [2.75, 3.05) is 5.32 Å². The fourth-order valence-electron chi connectivity index (χ4n) is 1.87. The van der Waals surface area contributed by atoms with Crippen LogP contribution in [0.25, 0.3) is 0 Å². The second-order valence-corrected chi connectivity index (χ2v) is 5.75. The third-order valence-corrected chi connectivity index (χ3v) is 3.90. The molecule has 21 heavy (non-hydrogen) atoms. The molecular formula is C15H14FNO3S. The highest BCUT2D eigenvalue weighted by atomic mass is 32.3. The lowest BCUT2D eigenvalue weighted by atomic mass is 10.1. The van der Waals surface area contributed by atoms with Crippen LogP contribution in [-0.4, -0.2) is 14.3 Å². The number of aryl methyl sites for hydroxylation is 1. The Bertz CT molecular complexity index is 755. The normalized spacial score (nSPS) is 11.1. The Balaban J connectivity index is 2.27. The number of nitrogens with one attached hydrogen (secondary N) is 1. The van der Waals surface area contributed by atoms with Gasteiger partial charge in [-0.3, -0.25) is 4.79 Å². The van der Waals surface area contributed by atoms with E-state index in [-0.39, 0.29) is 5.69 Å². The molecule has 0 aliphatic carbocycles. The molecule has 0 aromatic heterocycles. The van der Waals surface area contributed by atoms with Crippen molar-refractivity contribution in [1.29, 1.82) is 0 Å². The second-order valence-electron chi connectivity index (χ2n) is 4.44. The minimum absolute atomic E-state index is 0.0791. The summed E-state index contributed by atoms with van der Waals surface area (Å²) in [5, 5.41) is 2.41. The average molecular weight is 307 g/mol. The van der Waals surface area contributed by atoms with Crippen LogP contribution >= 0.6 is 0 Å². The molecule has 0 unspecified atom stereocenters. The minimum Gasteiger partial charge on any atom is -0.321 e. The van der Waals surface area contributed by atoms with Crippen molar-refractivity contribution in [3.05, 3.63) is 59.7 Å². The maximum absolute atomic E-state index is 13.2. The summed E-state index contributed by atoms with van der Waals surface area (Å²) in [6.07, 6.45) is 0.852. The highest BCUT2D eigenvalue weighted by Gasteiger charge is 2.18. The van der Waals surface area contributed by atoms with Crippen LogP contribution in [0.5, 0.6) is 0 Å². The SMILES string of the molecule is CCc1ccc(C(=O)Nc2ccccc2S(=O)(=O)F)cc1. The maximum atomic E-state index is 13.2. The molecule has 2 rings (SSSR count). The van der Waals surface area contributed by atoms with Crippen molar-refractivity contribution in [2.45, 2.75) is 18.2 Å². The van der Waals surface area contributed by atoms with E-state index in [1.54, 1.807) is 12.1 Å². The van der Waals surface area contributed by atoms with Gasteiger partial charge >= 0.3 is 10.2 Å². The molecule has 0 spiro atoms. The number of carbonyl (C=O) groups is 1. The summed E-state index contributed by atoms with van der Waals surface area (Å²) in [6, 6.07) is 12.2. The van der Waals surface area contributed by atoms with Crippen molar-refractivity contribution in [2.24, 2.45) is 0 Å². The van der Waals surface area contributed by atoms with Crippen LogP contribution in [-0.2, 0) is 16.6 Å². The van der Waals surface area contributed by atoms with Gasteiger partial charge in [0, 0.05) is 5.56 Å². The van der Waals surface area contributed by atoms with Crippen molar-refractivity contribution in [3.8, 4) is 0 Å². The van der Waals surface area contributed by atoms with E-state index >= 15 is 0 Å². The minimum atomic E-state index is -4.89. The summed E-state index contributed by atoms with van der Waals surface area (Å²) in [5.41, 5.74) is 1.38. The lowest BCUT2D eigenvalue weighted by Crippen LogP contribution is -2.14. The Hall–Kier alpha value is -2.21. The van der Waals surface area contributed by atoms with E-state index in [1.807, 2.05) is 19.1 Å². The van der Waals surface area contributed by atoms with E-state index in [0.29, 0.717) is 5.56 Å². The van der Waals surface area contributed by atoms with Crippen LogP contribution < -0.4 is 5.32 Å². The molecule has 0 saturated carbocycles. The largest absolute Gasteiger partial charge is 0.334 e. The van der Waals surface area contributed by atoms with Gasteiger partial charge in [-0.2, -0.15) is 8.42 Å². The van der Waals surface area contributed by atoms with E-state index in [0.717, 1.165) is 18.1 Å². The summed E-state index contributed by atoms with van der Waals surface area (Å²) in [5.74, 6) is -0.492. The van der Waals surface area contributed by atoms with Gasteiger partial charge in [-0.05, 0) is 36.2 Å². The molecule has 1 amide bonds. The topological polar surface area (TPSA) is 63.2 Å². The third kappa shape index (κ3) is 3.66. The first-order chi connectivity index (χ1) is 9.91. The lowest BCUT2D eigenvalue weighted by molar-refractivity contribution is 0.102. The number of halogens is 1. The van der Waals surface area contributed by atoms with Crippen LogP contribution in [0.1, 0.15) is 22.8 Å². The molecule has 0 atom stereocenters. The van der Waals surface area contributed by atoms with Gasteiger partial charge in [0.1, 0.15) is 4.90 Å². The Labute approximate surface area is 122 Å². The zero-order valence-corrected chi connectivity index (χ0v) is 12.2. The molecule has 0 aliphatic rings. The highest BCUT2D eigenvalue weighted by molar-refractivity contribution is 7.86. The average Bonchev–Trinajstić information content (AvgIpc) is 2.47. The van der Waals surface area contributed by atoms with E-state index < -0.39 is 21.0 Å². The first-order valence-electron chi connectivity index (χ1n) is 6.36. The van der Waals surface area contributed by atoms with Crippen LogP contribution in [0.15, 0.2) is 53.4 Å². The van der Waals surface area contributed by atoms with Gasteiger partial charge in [0.15, 0.2) is 0 Å². The first kappa shape index (κ1) is 15.2. The molecule has 0 radical (unpaired) electrons. The predicted molar refractivity (Wildman–Crippen MR) is 78.5 cm³/mol. The van der Waals surface area contributed by atoms with E-state index in [1.165, 1.54) is 18.2 Å². The van der Waals surface area contributed by atoms with Gasteiger partial charge in [0.2, 0.25) is 0 Å². The molecule has 0 aliphatic heterocycles. The van der Waals surface area contributed by atoms with E-state index in [2.05, 4.69) is 5.32 Å². The van der Waals surface area contributed by atoms with Crippen molar-refractivity contribution in [1.82, 2.24) is 0 Å². The van der Waals surface area contributed by atoms with Gasteiger partial charge in [-0.1, -0.05) is 31.2 Å². The molecule has 4 nitrogen and oxygen atoms in total. The van der Waals surface area contributed by atoms with Gasteiger partial charge < -0.3 is 5.32 Å². The number of carbonyl (C=O) groups excluding carboxylic acids is 1. The summed E-state index contributed by atoms with van der Waals surface area (Å²) in [6.45, 7) is 2.00. The zero-order valence-electron chi connectivity index (χ0n) is 11.3. The van der Waals surface area contributed by atoms with Crippen LogP contribution in [0.4, 0.5) is 9.57 Å². The van der Waals surface area contributed by atoms with Gasteiger partial charge in [0.05, 0.1) is 5.69 Å². The number of amides is 1.